The number of carboxylic acids is 1. The van der Waals surface area contributed by atoms with Crippen molar-refractivity contribution in [2.24, 2.45) is 0 Å². The maximum atomic E-state index is 11.4. The summed E-state index contributed by atoms with van der Waals surface area (Å²) < 4.78 is 5.28. The summed E-state index contributed by atoms with van der Waals surface area (Å²) in [7, 11) is 1.61. The third-order valence-electron chi connectivity index (χ3n) is 3.82. The molecule has 4 heteroatoms. The molecular weight excluding hydrogens is 254 g/mol. The lowest BCUT2D eigenvalue weighted by molar-refractivity contribution is -0.138. The molecule has 1 aromatic rings. The monoisotopic (exact) mass is 275 g/mol. The Balaban J connectivity index is 2.65. The standard InChI is InChI=1S/C16H21NO3/c1-10-9-16(3,4)17(11(2)15(18)19)14-8-12(20-5)6-7-13(10)14/h6-9,11H,1-5H3,(H,18,19)/t11-/m0/s1. The van der Waals surface area contributed by atoms with E-state index in [1.807, 2.05) is 36.9 Å². The highest BCUT2D eigenvalue weighted by Crippen LogP contribution is 2.41. The van der Waals surface area contributed by atoms with Crippen molar-refractivity contribution in [3.8, 4) is 5.75 Å². The molecule has 2 rings (SSSR count). The van der Waals surface area contributed by atoms with Crippen molar-refractivity contribution in [3.05, 3.63) is 29.8 Å². The Hall–Kier alpha value is -1.97. The molecule has 0 bridgehead atoms. The number of fused-ring (bicyclic) bond motifs is 1. The minimum atomic E-state index is -0.834. The lowest BCUT2D eigenvalue weighted by Crippen LogP contribution is -2.53. The molecule has 0 amide bonds. The SMILES string of the molecule is COc1ccc2c(c1)N([C@@H](C)C(=O)O)C(C)(C)C=C2C. The number of ether oxygens (including phenoxy) is 1. The zero-order valence-corrected chi connectivity index (χ0v) is 12.6. The third kappa shape index (κ3) is 2.26. The number of rotatable bonds is 3. The number of carboxylic acid groups (broad SMARTS) is 1. The van der Waals surface area contributed by atoms with Crippen molar-refractivity contribution >= 4 is 17.2 Å². The first kappa shape index (κ1) is 14.4. The van der Waals surface area contributed by atoms with Crippen molar-refractivity contribution in [2.45, 2.75) is 39.3 Å². The summed E-state index contributed by atoms with van der Waals surface area (Å²) in [6.07, 6.45) is 2.11. The Bertz CT molecular complexity index is 575. The van der Waals surface area contributed by atoms with Crippen LogP contribution in [0.5, 0.6) is 5.75 Å². The first-order valence-electron chi connectivity index (χ1n) is 6.68. The van der Waals surface area contributed by atoms with Crippen LogP contribution in [0.1, 0.15) is 33.3 Å². The highest BCUT2D eigenvalue weighted by atomic mass is 16.5. The highest BCUT2D eigenvalue weighted by molar-refractivity contribution is 5.87. The predicted molar refractivity (Wildman–Crippen MR) is 80.3 cm³/mol. The molecule has 0 saturated heterocycles. The van der Waals surface area contributed by atoms with Crippen LogP contribution in [0.4, 0.5) is 5.69 Å². The molecule has 1 aromatic carbocycles. The predicted octanol–water partition coefficient (Wildman–Crippen LogP) is 3.17. The van der Waals surface area contributed by atoms with Gasteiger partial charge in [-0.1, -0.05) is 6.08 Å². The number of nitrogens with zero attached hydrogens (tertiary/aromatic N) is 1. The number of hydrogen-bond donors (Lipinski definition) is 1. The van der Waals surface area contributed by atoms with Crippen molar-refractivity contribution < 1.29 is 14.6 Å². The van der Waals surface area contributed by atoms with E-state index in [2.05, 4.69) is 13.0 Å². The van der Waals surface area contributed by atoms with Crippen LogP contribution in [0, 0.1) is 0 Å². The maximum Gasteiger partial charge on any atom is 0.326 e. The van der Waals surface area contributed by atoms with E-state index in [1.54, 1.807) is 14.0 Å². The normalized spacial score (nSPS) is 18.1. The van der Waals surface area contributed by atoms with Gasteiger partial charge in [0.15, 0.2) is 0 Å². The number of hydrogen-bond acceptors (Lipinski definition) is 3. The van der Waals surface area contributed by atoms with Crippen LogP contribution in [0.2, 0.25) is 0 Å². The Morgan fingerprint density at radius 3 is 2.60 bits per heavy atom. The molecule has 1 heterocycles. The molecule has 1 atom stereocenters. The van der Waals surface area contributed by atoms with E-state index in [4.69, 9.17) is 4.74 Å². The first-order valence-corrected chi connectivity index (χ1v) is 6.68. The summed E-state index contributed by atoms with van der Waals surface area (Å²) in [6, 6.07) is 5.18. The Morgan fingerprint density at radius 1 is 1.40 bits per heavy atom. The second-order valence-electron chi connectivity index (χ2n) is 5.75. The van der Waals surface area contributed by atoms with Gasteiger partial charge in [0, 0.05) is 17.3 Å². The topological polar surface area (TPSA) is 49.8 Å². The van der Waals surface area contributed by atoms with E-state index in [-0.39, 0.29) is 5.54 Å². The summed E-state index contributed by atoms with van der Waals surface area (Å²) in [5.74, 6) is -0.100. The fourth-order valence-electron chi connectivity index (χ4n) is 2.98. The highest BCUT2D eigenvalue weighted by Gasteiger charge is 2.37. The van der Waals surface area contributed by atoms with Crippen molar-refractivity contribution in [3.63, 3.8) is 0 Å². The van der Waals surface area contributed by atoms with Gasteiger partial charge in [-0.3, -0.25) is 0 Å². The maximum absolute atomic E-state index is 11.4. The molecule has 20 heavy (non-hydrogen) atoms. The molecule has 1 aliphatic heterocycles. The summed E-state index contributed by atoms with van der Waals surface area (Å²) in [5, 5.41) is 9.39. The van der Waals surface area contributed by atoms with Gasteiger partial charge in [-0.2, -0.15) is 0 Å². The molecule has 0 aliphatic carbocycles. The Labute approximate surface area is 119 Å². The van der Waals surface area contributed by atoms with Crippen molar-refractivity contribution in [2.75, 3.05) is 12.0 Å². The molecule has 1 N–H and O–H groups in total. The second kappa shape index (κ2) is 4.85. The van der Waals surface area contributed by atoms with E-state index >= 15 is 0 Å². The third-order valence-corrected chi connectivity index (χ3v) is 3.82. The zero-order chi connectivity index (χ0) is 15.1. The van der Waals surface area contributed by atoms with Crippen LogP contribution in [-0.2, 0) is 4.79 Å². The van der Waals surface area contributed by atoms with Gasteiger partial charge < -0.3 is 14.7 Å². The minimum Gasteiger partial charge on any atom is -0.497 e. The summed E-state index contributed by atoms with van der Waals surface area (Å²) in [5.41, 5.74) is 2.75. The van der Waals surface area contributed by atoms with Crippen LogP contribution in [0.3, 0.4) is 0 Å². The number of allylic oxidation sites excluding steroid dienone is 1. The van der Waals surface area contributed by atoms with Crippen LogP contribution >= 0.6 is 0 Å². The van der Waals surface area contributed by atoms with E-state index in [9.17, 15) is 9.90 Å². The minimum absolute atomic E-state index is 0.360. The number of benzene rings is 1. The molecule has 1 aliphatic rings. The first-order chi connectivity index (χ1) is 9.27. The molecule has 0 saturated carbocycles. The number of anilines is 1. The van der Waals surface area contributed by atoms with Crippen LogP contribution in [0.15, 0.2) is 24.3 Å². The van der Waals surface area contributed by atoms with Crippen LogP contribution in [0.25, 0.3) is 5.57 Å². The number of aliphatic carboxylic acids is 1. The van der Waals surface area contributed by atoms with Gasteiger partial charge in [-0.15, -0.1) is 0 Å². The van der Waals surface area contributed by atoms with Gasteiger partial charge in [0.1, 0.15) is 11.8 Å². The number of carbonyl (C=O) groups is 1. The van der Waals surface area contributed by atoms with Gasteiger partial charge >= 0.3 is 5.97 Å². The average molecular weight is 275 g/mol. The molecule has 4 nitrogen and oxygen atoms in total. The summed E-state index contributed by atoms with van der Waals surface area (Å²) >= 11 is 0. The molecule has 0 radical (unpaired) electrons. The largest absolute Gasteiger partial charge is 0.497 e. The van der Waals surface area contributed by atoms with E-state index < -0.39 is 12.0 Å². The lowest BCUT2D eigenvalue weighted by Gasteiger charge is -2.45. The number of methoxy groups -OCH3 is 1. The smallest absolute Gasteiger partial charge is 0.326 e. The molecule has 0 unspecified atom stereocenters. The van der Waals surface area contributed by atoms with E-state index in [1.165, 1.54) is 0 Å². The van der Waals surface area contributed by atoms with E-state index in [0.717, 1.165) is 22.6 Å². The van der Waals surface area contributed by atoms with Gasteiger partial charge in [-0.05, 0) is 45.4 Å². The lowest BCUT2D eigenvalue weighted by atomic mass is 9.87. The quantitative estimate of drug-likeness (QED) is 0.920. The van der Waals surface area contributed by atoms with Crippen molar-refractivity contribution in [1.29, 1.82) is 0 Å². The van der Waals surface area contributed by atoms with Gasteiger partial charge in [-0.25, -0.2) is 4.79 Å². The van der Waals surface area contributed by atoms with E-state index in [0.29, 0.717) is 0 Å². The fraction of sp³-hybridized carbons (Fsp3) is 0.438. The average Bonchev–Trinajstić information content (AvgIpc) is 2.36. The molecule has 108 valence electrons. The Morgan fingerprint density at radius 2 is 2.05 bits per heavy atom. The van der Waals surface area contributed by atoms with Gasteiger partial charge in [0.2, 0.25) is 0 Å². The zero-order valence-electron chi connectivity index (χ0n) is 12.6. The molecule has 0 spiro atoms. The molecule has 0 aromatic heterocycles. The van der Waals surface area contributed by atoms with Crippen LogP contribution < -0.4 is 9.64 Å². The molecular formula is C16H21NO3. The Kier molecular flexibility index (Phi) is 3.50. The molecule has 0 fully saturated rings. The summed E-state index contributed by atoms with van der Waals surface area (Å²) in [4.78, 5) is 13.4. The second-order valence-corrected chi connectivity index (χ2v) is 5.75. The van der Waals surface area contributed by atoms with Crippen LogP contribution in [-0.4, -0.2) is 29.8 Å². The fourth-order valence-corrected chi connectivity index (χ4v) is 2.98. The van der Waals surface area contributed by atoms with Crippen molar-refractivity contribution in [1.82, 2.24) is 0 Å². The van der Waals surface area contributed by atoms with Gasteiger partial charge in [0.05, 0.1) is 12.6 Å². The van der Waals surface area contributed by atoms with Gasteiger partial charge in [0.25, 0.3) is 0 Å². The summed E-state index contributed by atoms with van der Waals surface area (Å²) in [6.45, 7) is 7.81.